The molecule has 1 aromatic heterocycles. The molecule has 1 aromatic rings. The standard InChI is InChI=1S/C9H13N3O2S/c1-9(2)6-14-4-3-12(9)8(13)7-5-15-11-10-7/h5H,3-4,6H2,1-2H3. The number of aromatic nitrogens is 2. The van der Waals surface area contributed by atoms with Crippen molar-refractivity contribution in [2.45, 2.75) is 19.4 Å². The summed E-state index contributed by atoms with van der Waals surface area (Å²) in [7, 11) is 0. The van der Waals surface area contributed by atoms with Gasteiger partial charge < -0.3 is 9.64 Å². The summed E-state index contributed by atoms with van der Waals surface area (Å²) in [6.45, 7) is 5.75. The third-order valence-corrected chi connectivity index (χ3v) is 2.97. The quantitative estimate of drug-likeness (QED) is 0.711. The number of ether oxygens (including phenoxy) is 1. The van der Waals surface area contributed by atoms with E-state index in [9.17, 15) is 4.79 Å². The number of amides is 1. The lowest BCUT2D eigenvalue weighted by Gasteiger charge is -2.41. The fourth-order valence-corrected chi connectivity index (χ4v) is 2.06. The molecule has 6 heteroatoms. The second-order valence-corrected chi connectivity index (χ2v) is 4.72. The number of nitrogens with zero attached hydrogens (tertiary/aromatic N) is 3. The molecule has 0 atom stereocenters. The van der Waals surface area contributed by atoms with Gasteiger partial charge >= 0.3 is 0 Å². The highest BCUT2D eigenvalue weighted by Gasteiger charge is 2.35. The van der Waals surface area contributed by atoms with Crippen LogP contribution >= 0.6 is 11.5 Å². The first-order valence-electron chi connectivity index (χ1n) is 4.78. The molecule has 0 spiro atoms. The minimum Gasteiger partial charge on any atom is -0.377 e. The molecule has 1 fully saturated rings. The Morgan fingerprint density at radius 1 is 1.67 bits per heavy atom. The molecule has 1 saturated heterocycles. The molecule has 0 aliphatic carbocycles. The monoisotopic (exact) mass is 227 g/mol. The number of rotatable bonds is 1. The Morgan fingerprint density at radius 2 is 2.47 bits per heavy atom. The summed E-state index contributed by atoms with van der Waals surface area (Å²) in [5.74, 6) is -0.0583. The molecular weight excluding hydrogens is 214 g/mol. The van der Waals surface area contributed by atoms with Crippen LogP contribution in [0.4, 0.5) is 0 Å². The summed E-state index contributed by atoms with van der Waals surface area (Å²) < 4.78 is 9.05. The van der Waals surface area contributed by atoms with Crippen LogP contribution in [0.5, 0.6) is 0 Å². The van der Waals surface area contributed by atoms with Gasteiger partial charge in [0.2, 0.25) is 0 Å². The lowest BCUT2D eigenvalue weighted by molar-refractivity contribution is -0.0373. The normalized spacial score (nSPS) is 20.3. The van der Waals surface area contributed by atoms with Crippen LogP contribution in [-0.2, 0) is 4.74 Å². The molecule has 5 nitrogen and oxygen atoms in total. The average Bonchev–Trinajstić information content (AvgIpc) is 2.69. The van der Waals surface area contributed by atoms with Gasteiger partial charge in [0.1, 0.15) is 0 Å². The SMILES string of the molecule is CC1(C)COCCN1C(=O)c1csnn1. The van der Waals surface area contributed by atoms with E-state index in [0.717, 1.165) is 0 Å². The van der Waals surface area contributed by atoms with E-state index in [1.54, 1.807) is 10.3 Å². The predicted octanol–water partition coefficient (Wildman–Crippen LogP) is 0.789. The summed E-state index contributed by atoms with van der Waals surface area (Å²) in [4.78, 5) is 13.8. The van der Waals surface area contributed by atoms with E-state index in [1.165, 1.54) is 11.5 Å². The van der Waals surface area contributed by atoms with Crippen LogP contribution < -0.4 is 0 Å². The zero-order chi connectivity index (χ0) is 10.9. The first-order chi connectivity index (χ1) is 7.11. The van der Waals surface area contributed by atoms with Gasteiger partial charge in [-0.25, -0.2) is 0 Å². The molecule has 1 aliphatic rings. The first kappa shape index (κ1) is 10.5. The summed E-state index contributed by atoms with van der Waals surface area (Å²) in [5, 5.41) is 5.47. The summed E-state index contributed by atoms with van der Waals surface area (Å²) >= 11 is 1.19. The van der Waals surface area contributed by atoms with Crippen molar-refractivity contribution in [3.05, 3.63) is 11.1 Å². The lowest BCUT2D eigenvalue weighted by Crippen LogP contribution is -2.55. The van der Waals surface area contributed by atoms with E-state index < -0.39 is 0 Å². The van der Waals surface area contributed by atoms with E-state index >= 15 is 0 Å². The fraction of sp³-hybridized carbons (Fsp3) is 0.667. The third kappa shape index (κ3) is 2.00. The average molecular weight is 227 g/mol. The van der Waals surface area contributed by atoms with Crippen molar-refractivity contribution in [1.29, 1.82) is 0 Å². The largest absolute Gasteiger partial charge is 0.377 e. The van der Waals surface area contributed by atoms with Crippen molar-refractivity contribution >= 4 is 17.4 Å². The Hall–Kier alpha value is -1.01. The second kappa shape index (κ2) is 3.86. The van der Waals surface area contributed by atoms with Crippen LogP contribution in [-0.4, -0.2) is 45.7 Å². The van der Waals surface area contributed by atoms with Gasteiger partial charge in [0.25, 0.3) is 5.91 Å². The van der Waals surface area contributed by atoms with E-state index in [2.05, 4.69) is 9.59 Å². The maximum Gasteiger partial charge on any atom is 0.275 e. The second-order valence-electron chi connectivity index (χ2n) is 4.11. The van der Waals surface area contributed by atoms with Crippen LogP contribution in [0, 0.1) is 0 Å². The fourth-order valence-electron chi connectivity index (χ4n) is 1.63. The number of morpholine rings is 1. The minimum atomic E-state index is -0.265. The van der Waals surface area contributed by atoms with Crippen LogP contribution in [0.15, 0.2) is 5.38 Å². The predicted molar refractivity (Wildman–Crippen MR) is 55.8 cm³/mol. The Balaban J connectivity index is 2.19. The Labute approximate surface area is 92.2 Å². The molecule has 82 valence electrons. The van der Waals surface area contributed by atoms with Crippen LogP contribution in [0.3, 0.4) is 0 Å². The van der Waals surface area contributed by atoms with Gasteiger partial charge in [0.05, 0.1) is 18.8 Å². The highest BCUT2D eigenvalue weighted by molar-refractivity contribution is 7.03. The van der Waals surface area contributed by atoms with Gasteiger partial charge in [-0.05, 0) is 25.4 Å². The maximum atomic E-state index is 12.1. The molecule has 1 aliphatic heterocycles. The minimum absolute atomic E-state index is 0.0583. The van der Waals surface area contributed by atoms with Gasteiger partial charge in [-0.1, -0.05) is 4.49 Å². The van der Waals surface area contributed by atoms with Crippen molar-refractivity contribution in [3.8, 4) is 0 Å². The number of carbonyl (C=O) groups is 1. The third-order valence-electron chi connectivity index (χ3n) is 2.47. The number of hydrogen-bond donors (Lipinski definition) is 0. The maximum absolute atomic E-state index is 12.1. The number of carbonyl (C=O) groups excluding carboxylic acids is 1. The van der Waals surface area contributed by atoms with Gasteiger partial charge in [0, 0.05) is 11.9 Å². The van der Waals surface area contributed by atoms with E-state index in [0.29, 0.717) is 25.5 Å². The van der Waals surface area contributed by atoms with Gasteiger partial charge in [-0.15, -0.1) is 5.10 Å². The molecule has 2 rings (SSSR count). The Bertz CT molecular complexity index is 350. The van der Waals surface area contributed by atoms with Crippen molar-refractivity contribution in [1.82, 2.24) is 14.5 Å². The van der Waals surface area contributed by atoms with E-state index in [-0.39, 0.29) is 11.4 Å². The van der Waals surface area contributed by atoms with Crippen LogP contribution in [0.1, 0.15) is 24.3 Å². The van der Waals surface area contributed by atoms with Gasteiger partial charge in [0.15, 0.2) is 5.69 Å². The van der Waals surface area contributed by atoms with Crippen molar-refractivity contribution in [2.24, 2.45) is 0 Å². The van der Waals surface area contributed by atoms with Gasteiger partial charge in [-0.2, -0.15) is 0 Å². The van der Waals surface area contributed by atoms with Crippen molar-refractivity contribution in [2.75, 3.05) is 19.8 Å². The molecule has 1 amide bonds. The molecule has 0 saturated carbocycles. The van der Waals surface area contributed by atoms with E-state index in [1.807, 2.05) is 13.8 Å². The van der Waals surface area contributed by atoms with Crippen LogP contribution in [0.2, 0.25) is 0 Å². The summed E-state index contributed by atoms with van der Waals surface area (Å²) in [6, 6.07) is 0. The molecule has 15 heavy (non-hydrogen) atoms. The number of hydrogen-bond acceptors (Lipinski definition) is 5. The summed E-state index contributed by atoms with van der Waals surface area (Å²) in [5.41, 5.74) is 0.161. The molecule has 0 unspecified atom stereocenters. The molecule has 0 aromatic carbocycles. The lowest BCUT2D eigenvalue weighted by atomic mass is 10.0. The topological polar surface area (TPSA) is 55.3 Å². The zero-order valence-electron chi connectivity index (χ0n) is 8.77. The Kier molecular flexibility index (Phi) is 2.70. The molecule has 0 bridgehead atoms. The van der Waals surface area contributed by atoms with Gasteiger partial charge in [-0.3, -0.25) is 4.79 Å². The Morgan fingerprint density at radius 3 is 3.07 bits per heavy atom. The molecule has 2 heterocycles. The van der Waals surface area contributed by atoms with Crippen LogP contribution in [0.25, 0.3) is 0 Å². The molecule has 0 radical (unpaired) electrons. The first-order valence-corrected chi connectivity index (χ1v) is 5.62. The highest BCUT2D eigenvalue weighted by atomic mass is 32.1. The molecular formula is C9H13N3O2S. The zero-order valence-corrected chi connectivity index (χ0v) is 9.58. The van der Waals surface area contributed by atoms with Crippen molar-refractivity contribution in [3.63, 3.8) is 0 Å². The molecule has 0 N–H and O–H groups in total. The summed E-state index contributed by atoms with van der Waals surface area (Å²) in [6.07, 6.45) is 0. The van der Waals surface area contributed by atoms with Crippen molar-refractivity contribution < 1.29 is 9.53 Å². The highest BCUT2D eigenvalue weighted by Crippen LogP contribution is 2.21. The van der Waals surface area contributed by atoms with E-state index in [4.69, 9.17) is 4.74 Å². The smallest absolute Gasteiger partial charge is 0.275 e.